The Morgan fingerprint density at radius 1 is 1.25 bits per heavy atom. The number of anilines is 1. The molecule has 9 heteroatoms. The number of nitriles is 1. The second kappa shape index (κ2) is 9.49. The molecular formula is C23H25N7O2. The number of ether oxygens (including phenoxy) is 1. The van der Waals surface area contributed by atoms with Gasteiger partial charge in [-0.1, -0.05) is 0 Å². The molecule has 0 unspecified atom stereocenters. The van der Waals surface area contributed by atoms with Gasteiger partial charge in [0.15, 0.2) is 0 Å². The van der Waals surface area contributed by atoms with E-state index in [9.17, 15) is 10.1 Å². The predicted molar refractivity (Wildman–Crippen MR) is 121 cm³/mol. The van der Waals surface area contributed by atoms with Gasteiger partial charge in [-0.2, -0.15) is 5.26 Å². The highest BCUT2D eigenvalue weighted by molar-refractivity contribution is 5.92. The lowest BCUT2D eigenvalue weighted by Gasteiger charge is -2.15. The number of likely N-dealkylation sites (tertiary alicyclic amines) is 1. The molecule has 9 nitrogen and oxygen atoms in total. The molecule has 1 fully saturated rings. The van der Waals surface area contributed by atoms with E-state index in [0.29, 0.717) is 40.4 Å². The van der Waals surface area contributed by atoms with Crippen molar-refractivity contribution in [1.82, 2.24) is 19.9 Å². The average molecular weight is 432 g/mol. The van der Waals surface area contributed by atoms with E-state index in [1.54, 1.807) is 30.6 Å². The zero-order valence-corrected chi connectivity index (χ0v) is 17.7. The Bertz CT molecular complexity index is 1160. The van der Waals surface area contributed by atoms with Gasteiger partial charge in [0.2, 0.25) is 0 Å². The third-order valence-electron chi connectivity index (χ3n) is 5.49. The largest absolute Gasteiger partial charge is 0.492 e. The van der Waals surface area contributed by atoms with Gasteiger partial charge in [0.25, 0.3) is 5.91 Å². The molecule has 3 heterocycles. The number of H-pyrrole nitrogens is 1. The van der Waals surface area contributed by atoms with Crippen LogP contribution in [0.4, 0.5) is 5.82 Å². The minimum absolute atomic E-state index is 0.224. The number of nitrogens with zero attached hydrogens (tertiary/aromatic N) is 4. The van der Waals surface area contributed by atoms with E-state index in [0.717, 1.165) is 26.1 Å². The van der Waals surface area contributed by atoms with E-state index in [2.05, 4.69) is 25.9 Å². The summed E-state index contributed by atoms with van der Waals surface area (Å²) in [5.41, 5.74) is 14.3. The van der Waals surface area contributed by atoms with Crippen molar-refractivity contribution in [2.75, 3.05) is 32.0 Å². The van der Waals surface area contributed by atoms with Crippen LogP contribution in [0.25, 0.3) is 22.5 Å². The minimum Gasteiger partial charge on any atom is -0.492 e. The number of hydrogen-bond acceptors (Lipinski definition) is 7. The van der Waals surface area contributed by atoms with Crippen molar-refractivity contribution in [2.24, 2.45) is 5.73 Å². The Morgan fingerprint density at radius 2 is 2.06 bits per heavy atom. The smallest absolute Gasteiger partial charge is 0.265 e. The number of nitrogens with one attached hydrogen (secondary N) is 1. The average Bonchev–Trinajstić information content (AvgIpc) is 3.49. The van der Waals surface area contributed by atoms with Crippen LogP contribution >= 0.6 is 0 Å². The third-order valence-corrected chi connectivity index (χ3v) is 5.49. The first-order valence-corrected chi connectivity index (χ1v) is 10.6. The van der Waals surface area contributed by atoms with Gasteiger partial charge in [-0.25, -0.2) is 9.97 Å². The van der Waals surface area contributed by atoms with Crippen LogP contribution < -0.4 is 16.2 Å². The molecule has 1 aliphatic heterocycles. The Hall–Kier alpha value is -3.90. The van der Waals surface area contributed by atoms with Crippen LogP contribution in [0.15, 0.2) is 36.7 Å². The van der Waals surface area contributed by atoms with Crippen molar-refractivity contribution in [3.63, 3.8) is 0 Å². The summed E-state index contributed by atoms with van der Waals surface area (Å²) >= 11 is 0. The van der Waals surface area contributed by atoms with Crippen LogP contribution in [0, 0.1) is 11.3 Å². The van der Waals surface area contributed by atoms with Crippen LogP contribution in [0.5, 0.6) is 5.75 Å². The molecule has 0 atom stereocenters. The number of rotatable bonds is 8. The van der Waals surface area contributed by atoms with Gasteiger partial charge in [-0.05, 0) is 56.6 Å². The summed E-state index contributed by atoms with van der Waals surface area (Å²) in [7, 11) is 0. The van der Waals surface area contributed by atoms with Gasteiger partial charge in [0.1, 0.15) is 29.0 Å². The first-order chi connectivity index (χ1) is 15.5. The van der Waals surface area contributed by atoms with E-state index in [1.807, 2.05) is 6.07 Å². The Balaban J connectivity index is 1.50. The van der Waals surface area contributed by atoms with Gasteiger partial charge >= 0.3 is 0 Å². The molecule has 1 aromatic carbocycles. The number of nitrogen functional groups attached to an aromatic ring is 1. The number of aromatic amines is 1. The SMILES string of the molecule is N#Cc1cc(-c2cnc(N)c(-c3c[nH]c(C(N)=O)c3)n2)ccc1OCCCN1CCCC1. The third kappa shape index (κ3) is 4.71. The van der Waals surface area contributed by atoms with Crippen LogP contribution in [0.1, 0.15) is 35.3 Å². The lowest BCUT2D eigenvalue weighted by atomic mass is 10.1. The van der Waals surface area contributed by atoms with Crippen molar-refractivity contribution in [3.8, 4) is 34.3 Å². The molecule has 1 amide bonds. The van der Waals surface area contributed by atoms with Gasteiger partial charge in [-0.15, -0.1) is 0 Å². The molecule has 1 saturated heterocycles. The summed E-state index contributed by atoms with van der Waals surface area (Å²) in [5.74, 6) is 0.203. The van der Waals surface area contributed by atoms with Crippen LogP contribution in [-0.4, -0.2) is 52.0 Å². The summed E-state index contributed by atoms with van der Waals surface area (Å²) in [6.45, 7) is 3.90. The molecule has 5 N–H and O–H groups in total. The van der Waals surface area contributed by atoms with Gasteiger partial charge < -0.3 is 26.1 Å². The van der Waals surface area contributed by atoms with Crippen LogP contribution in [0.3, 0.4) is 0 Å². The lowest BCUT2D eigenvalue weighted by molar-refractivity contribution is 0.0996. The molecule has 1 aliphatic rings. The highest BCUT2D eigenvalue weighted by Crippen LogP contribution is 2.29. The van der Waals surface area contributed by atoms with Crippen LogP contribution in [-0.2, 0) is 0 Å². The summed E-state index contributed by atoms with van der Waals surface area (Å²) < 4.78 is 5.86. The van der Waals surface area contributed by atoms with E-state index in [4.69, 9.17) is 16.2 Å². The molecule has 164 valence electrons. The van der Waals surface area contributed by atoms with Gasteiger partial charge in [0, 0.05) is 23.9 Å². The van der Waals surface area contributed by atoms with Crippen molar-refractivity contribution in [2.45, 2.75) is 19.3 Å². The first kappa shape index (κ1) is 21.3. The van der Waals surface area contributed by atoms with Crippen LogP contribution in [0.2, 0.25) is 0 Å². The molecule has 0 saturated carbocycles. The van der Waals surface area contributed by atoms with Gasteiger partial charge in [-0.3, -0.25) is 4.79 Å². The maximum Gasteiger partial charge on any atom is 0.265 e. The van der Waals surface area contributed by atoms with E-state index in [-0.39, 0.29) is 11.5 Å². The predicted octanol–water partition coefficient (Wildman–Crippen LogP) is 2.56. The first-order valence-electron chi connectivity index (χ1n) is 10.6. The second-order valence-electron chi connectivity index (χ2n) is 7.73. The molecule has 0 radical (unpaired) electrons. The van der Waals surface area contributed by atoms with Gasteiger partial charge in [0.05, 0.1) is 24.1 Å². The van der Waals surface area contributed by atoms with Crippen molar-refractivity contribution in [3.05, 3.63) is 47.9 Å². The molecule has 0 bridgehead atoms. The van der Waals surface area contributed by atoms with E-state index >= 15 is 0 Å². The zero-order valence-electron chi connectivity index (χ0n) is 17.7. The number of primary amides is 1. The fourth-order valence-electron chi connectivity index (χ4n) is 3.80. The standard InChI is InChI=1S/C23H25N7O2/c24-12-16-10-15(4-5-20(16)32-9-3-8-30-6-1-2-7-30)19-14-28-22(25)21(29-19)17-11-18(23(26)31)27-13-17/h4-5,10-11,13-14,27H,1-3,6-9H2,(H2,25,28)(H2,26,31). The molecule has 2 aromatic heterocycles. The van der Waals surface area contributed by atoms with Crippen molar-refractivity contribution < 1.29 is 9.53 Å². The summed E-state index contributed by atoms with van der Waals surface area (Å²) in [6.07, 6.45) is 6.61. The number of benzene rings is 1. The highest BCUT2D eigenvalue weighted by Gasteiger charge is 2.15. The number of carbonyl (C=O) groups is 1. The minimum atomic E-state index is -0.575. The molecule has 0 aliphatic carbocycles. The molecule has 32 heavy (non-hydrogen) atoms. The van der Waals surface area contributed by atoms with E-state index in [1.165, 1.54) is 12.8 Å². The Kier molecular flexibility index (Phi) is 6.33. The Morgan fingerprint density at radius 3 is 2.78 bits per heavy atom. The highest BCUT2D eigenvalue weighted by atomic mass is 16.5. The molecule has 4 rings (SSSR count). The van der Waals surface area contributed by atoms with Crippen molar-refractivity contribution >= 4 is 11.7 Å². The second-order valence-corrected chi connectivity index (χ2v) is 7.73. The van der Waals surface area contributed by atoms with E-state index < -0.39 is 5.91 Å². The Labute approximate surface area is 186 Å². The summed E-state index contributed by atoms with van der Waals surface area (Å²) in [5, 5.41) is 9.61. The number of hydrogen-bond donors (Lipinski definition) is 3. The quantitative estimate of drug-likeness (QED) is 0.464. The lowest BCUT2D eigenvalue weighted by Crippen LogP contribution is -2.21. The maximum atomic E-state index is 11.4. The molecular weight excluding hydrogens is 406 g/mol. The normalized spacial score (nSPS) is 13.7. The number of nitrogens with two attached hydrogens (primary N) is 2. The molecule has 3 aromatic rings. The topological polar surface area (TPSA) is 147 Å². The fourth-order valence-corrected chi connectivity index (χ4v) is 3.80. The molecule has 0 spiro atoms. The zero-order chi connectivity index (χ0) is 22.5. The number of carbonyl (C=O) groups excluding carboxylic acids is 1. The summed E-state index contributed by atoms with van der Waals surface area (Å²) in [6, 6.07) is 9.12. The number of aromatic nitrogens is 3. The fraction of sp³-hybridized carbons (Fsp3) is 0.304. The monoisotopic (exact) mass is 431 g/mol. The van der Waals surface area contributed by atoms with Crippen molar-refractivity contribution in [1.29, 1.82) is 5.26 Å². The maximum absolute atomic E-state index is 11.4. The number of amides is 1. The summed E-state index contributed by atoms with van der Waals surface area (Å²) in [4.78, 5) is 25.4.